The molecular formula is C31H43N. The topological polar surface area (TPSA) is 12.4 Å². The third-order valence-corrected chi connectivity index (χ3v) is 6.64. The van der Waals surface area contributed by atoms with Crippen LogP contribution in [0.15, 0.2) is 54.6 Å². The van der Waals surface area contributed by atoms with Crippen molar-refractivity contribution in [2.24, 2.45) is 4.99 Å². The van der Waals surface area contributed by atoms with Crippen molar-refractivity contribution in [2.45, 2.75) is 92.4 Å². The Morgan fingerprint density at radius 1 is 1.06 bits per heavy atom. The maximum Gasteiger partial charge on any atom is 0.0706 e. The zero-order valence-corrected chi connectivity index (χ0v) is 21.7. The van der Waals surface area contributed by atoms with E-state index in [1.54, 1.807) is 0 Å². The SMILES string of the molecule is C=CC(C)(C)c1cccc(C(C)C)c1CCCCC(C)=Nc1cc(C)c(C)cc1C(=C)C. The molecule has 1 heteroatoms. The third-order valence-electron chi connectivity index (χ3n) is 6.64. The van der Waals surface area contributed by atoms with Crippen LogP contribution in [0.2, 0.25) is 0 Å². The van der Waals surface area contributed by atoms with Crippen molar-refractivity contribution in [2.75, 3.05) is 0 Å². The highest BCUT2D eigenvalue weighted by atomic mass is 14.7. The lowest BCUT2D eigenvalue weighted by atomic mass is 9.77. The van der Waals surface area contributed by atoms with Crippen molar-refractivity contribution in [1.29, 1.82) is 0 Å². The van der Waals surface area contributed by atoms with Gasteiger partial charge in [-0.25, -0.2) is 0 Å². The highest BCUT2D eigenvalue weighted by Crippen LogP contribution is 2.34. The van der Waals surface area contributed by atoms with E-state index in [4.69, 9.17) is 4.99 Å². The minimum atomic E-state index is -0.0140. The molecule has 0 radical (unpaired) electrons. The summed E-state index contributed by atoms with van der Waals surface area (Å²) in [4.78, 5) is 4.99. The molecule has 32 heavy (non-hydrogen) atoms. The molecule has 0 fully saturated rings. The first-order valence-electron chi connectivity index (χ1n) is 12.0. The van der Waals surface area contributed by atoms with Crippen molar-refractivity contribution in [3.8, 4) is 0 Å². The number of aryl methyl sites for hydroxylation is 2. The smallest absolute Gasteiger partial charge is 0.0706 e. The summed E-state index contributed by atoms with van der Waals surface area (Å²) < 4.78 is 0. The summed E-state index contributed by atoms with van der Waals surface area (Å²) in [5.41, 5.74) is 11.5. The van der Waals surface area contributed by atoms with Gasteiger partial charge in [-0.15, -0.1) is 6.58 Å². The van der Waals surface area contributed by atoms with Gasteiger partial charge in [0.05, 0.1) is 5.69 Å². The van der Waals surface area contributed by atoms with Crippen molar-refractivity contribution in [3.05, 3.63) is 82.9 Å². The van der Waals surface area contributed by atoms with Gasteiger partial charge in [0.2, 0.25) is 0 Å². The number of allylic oxidation sites excluding steroid dienone is 2. The van der Waals surface area contributed by atoms with Crippen LogP contribution in [0.5, 0.6) is 0 Å². The normalized spacial score (nSPS) is 12.3. The van der Waals surface area contributed by atoms with Crippen molar-refractivity contribution >= 4 is 17.0 Å². The quantitative estimate of drug-likeness (QED) is 0.202. The first-order valence-corrected chi connectivity index (χ1v) is 12.0. The van der Waals surface area contributed by atoms with E-state index < -0.39 is 0 Å². The monoisotopic (exact) mass is 429 g/mol. The molecule has 2 rings (SSSR count). The molecule has 0 N–H and O–H groups in total. The lowest BCUT2D eigenvalue weighted by molar-refractivity contribution is 0.644. The Hall–Kier alpha value is -2.41. The van der Waals surface area contributed by atoms with Crippen LogP contribution in [0.1, 0.15) is 100 Å². The Kier molecular flexibility index (Phi) is 8.84. The lowest BCUT2D eigenvalue weighted by Gasteiger charge is -2.27. The number of aliphatic imine (C=N–C) groups is 1. The Labute approximate surface area is 197 Å². The molecule has 0 aliphatic carbocycles. The van der Waals surface area contributed by atoms with Gasteiger partial charge in [0.25, 0.3) is 0 Å². The molecule has 0 aliphatic rings. The summed E-state index contributed by atoms with van der Waals surface area (Å²) in [6, 6.07) is 11.2. The molecule has 0 unspecified atom stereocenters. The number of unbranched alkanes of at least 4 members (excludes halogenated alkanes) is 1. The summed E-state index contributed by atoms with van der Waals surface area (Å²) in [7, 11) is 0. The molecule has 0 aliphatic heterocycles. The van der Waals surface area contributed by atoms with Gasteiger partial charge < -0.3 is 0 Å². The lowest BCUT2D eigenvalue weighted by Crippen LogP contribution is -2.17. The molecule has 0 aromatic heterocycles. The van der Waals surface area contributed by atoms with Gasteiger partial charge in [0, 0.05) is 16.7 Å². The van der Waals surface area contributed by atoms with E-state index in [0.717, 1.165) is 42.5 Å². The van der Waals surface area contributed by atoms with Gasteiger partial charge in [-0.1, -0.05) is 58.5 Å². The Morgan fingerprint density at radius 2 is 1.72 bits per heavy atom. The van der Waals surface area contributed by atoms with Gasteiger partial charge in [-0.2, -0.15) is 0 Å². The van der Waals surface area contributed by atoms with Crippen LogP contribution < -0.4 is 0 Å². The van der Waals surface area contributed by atoms with E-state index in [-0.39, 0.29) is 5.41 Å². The van der Waals surface area contributed by atoms with Crippen LogP contribution >= 0.6 is 0 Å². The molecule has 0 saturated carbocycles. The largest absolute Gasteiger partial charge is 0.257 e. The van der Waals surface area contributed by atoms with Crippen LogP contribution in [0, 0.1) is 13.8 Å². The van der Waals surface area contributed by atoms with Gasteiger partial charge in [-0.05, 0) is 105 Å². The minimum Gasteiger partial charge on any atom is -0.257 e. The molecule has 0 spiro atoms. The maximum atomic E-state index is 4.99. The molecule has 172 valence electrons. The summed E-state index contributed by atoms with van der Waals surface area (Å²) in [6.07, 6.45) is 6.51. The summed E-state index contributed by atoms with van der Waals surface area (Å²) in [5.74, 6) is 0.527. The zero-order valence-electron chi connectivity index (χ0n) is 21.7. The van der Waals surface area contributed by atoms with Gasteiger partial charge >= 0.3 is 0 Å². The first-order chi connectivity index (χ1) is 15.0. The Morgan fingerprint density at radius 3 is 2.31 bits per heavy atom. The molecule has 0 heterocycles. The maximum absolute atomic E-state index is 4.99. The zero-order chi connectivity index (χ0) is 24.1. The van der Waals surface area contributed by atoms with E-state index in [1.807, 2.05) is 0 Å². The number of rotatable bonds is 10. The average molecular weight is 430 g/mol. The van der Waals surface area contributed by atoms with Crippen molar-refractivity contribution < 1.29 is 0 Å². The Bertz CT molecular complexity index is 1000. The van der Waals surface area contributed by atoms with E-state index in [0.29, 0.717) is 5.92 Å². The minimum absolute atomic E-state index is 0.0140. The van der Waals surface area contributed by atoms with Gasteiger partial charge in [0.15, 0.2) is 0 Å². The van der Waals surface area contributed by atoms with Crippen LogP contribution in [0.25, 0.3) is 5.57 Å². The van der Waals surface area contributed by atoms with E-state index >= 15 is 0 Å². The molecule has 0 saturated heterocycles. The molecular weight excluding hydrogens is 386 g/mol. The molecule has 1 nitrogen and oxygen atoms in total. The van der Waals surface area contributed by atoms with Crippen molar-refractivity contribution in [3.63, 3.8) is 0 Å². The molecule has 0 atom stereocenters. The number of hydrogen-bond donors (Lipinski definition) is 0. The van der Waals surface area contributed by atoms with Crippen LogP contribution in [-0.2, 0) is 11.8 Å². The molecule has 0 bridgehead atoms. The number of benzene rings is 2. The van der Waals surface area contributed by atoms with Crippen LogP contribution in [-0.4, -0.2) is 5.71 Å². The van der Waals surface area contributed by atoms with E-state index in [9.17, 15) is 0 Å². The third kappa shape index (κ3) is 6.31. The fourth-order valence-corrected chi connectivity index (χ4v) is 4.32. The summed E-state index contributed by atoms with van der Waals surface area (Å²) >= 11 is 0. The highest BCUT2D eigenvalue weighted by Gasteiger charge is 2.22. The van der Waals surface area contributed by atoms with E-state index in [1.165, 1.54) is 33.5 Å². The first kappa shape index (κ1) is 25.8. The standard InChI is InChI=1S/C31H43N/c1-11-31(9,10)29-18-14-17-26(21(2)3)27(29)16-13-12-15-25(8)32-30-20-24(7)23(6)19-28(30)22(4)5/h11,14,17-21H,1,4,12-13,15-16H2,2-3,5-10H3. The second-order valence-electron chi connectivity index (χ2n) is 10.2. The predicted octanol–water partition coefficient (Wildman–Crippen LogP) is 9.43. The van der Waals surface area contributed by atoms with Gasteiger partial charge in [-0.3, -0.25) is 4.99 Å². The van der Waals surface area contributed by atoms with E-state index in [2.05, 4.69) is 105 Å². The average Bonchev–Trinajstić information content (AvgIpc) is 2.73. The second-order valence-corrected chi connectivity index (χ2v) is 10.2. The van der Waals surface area contributed by atoms with Gasteiger partial charge in [0.1, 0.15) is 0 Å². The van der Waals surface area contributed by atoms with Crippen LogP contribution in [0.4, 0.5) is 5.69 Å². The summed E-state index contributed by atoms with van der Waals surface area (Å²) in [5, 5.41) is 0. The fourth-order valence-electron chi connectivity index (χ4n) is 4.32. The van der Waals surface area contributed by atoms with Crippen molar-refractivity contribution in [1.82, 2.24) is 0 Å². The predicted molar refractivity (Wildman–Crippen MR) is 145 cm³/mol. The number of hydrogen-bond acceptors (Lipinski definition) is 1. The fraction of sp³-hybridized carbons (Fsp3) is 0.452. The molecule has 2 aromatic rings. The highest BCUT2D eigenvalue weighted by molar-refractivity contribution is 5.87. The molecule has 0 amide bonds. The number of nitrogens with zero attached hydrogens (tertiary/aromatic N) is 1. The Balaban J connectivity index is 2.15. The molecule has 2 aromatic carbocycles. The summed E-state index contributed by atoms with van der Waals surface area (Å²) in [6.45, 7) is 25.9. The second kappa shape index (κ2) is 10.9. The van der Waals surface area contributed by atoms with Crippen LogP contribution in [0.3, 0.4) is 0 Å².